The third kappa shape index (κ3) is 7.06. The van der Waals surface area contributed by atoms with Crippen molar-refractivity contribution in [2.75, 3.05) is 13.1 Å². The van der Waals surface area contributed by atoms with Gasteiger partial charge in [0.1, 0.15) is 0 Å². The summed E-state index contributed by atoms with van der Waals surface area (Å²) in [7, 11) is 0. The Morgan fingerprint density at radius 3 is 1.23 bits per heavy atom. The number of hydrogen-bond donors (Lipinski definition) is 0. The molecule has 1 heterocycles. The van der Waals surface area contributed by atoms with Crippen LogP contribution in [0.5, 0.6) is 0 Å². The lowest BCUT2D eigenvalue weighted by molar-refractivity contribution is 0.175. The van der Waals surface area contributed by atoms with Crippen molar-refractivity contribution in [2.24, 2.45) is 0 Å². The summed E-state index contributed by atoms with van der Waals surface area (Å²) in [4.78, 5) is 2.55. The van der Waals surface area contributed by atoms with Crippen LogP contribution in [0.3, 0.4) is 0 Å². The molecule has 0 bridgehead atoms. The summed E-state index contributed by atoms with van der Waals surface area (Å²) in [5.74, 6) is 0. The molecule has 0 aromatic heterocycles. The fourth-order valence-corrected chi connectivity index (χ4v) is 1.39. The summed E-state index contributed by atoms with van der Waals surface area (Å²) in [6.45, 7) is 17.5. The van der Waals surface area contributed by atoms with Gasteiger partial charge in [-0.2, -0.15) is 0 Å². The van der Waals surface area contributed by atoms with E-state index in [1.54, 1.807) is 0 Å². The molecule has 0 aromatic carbocycles. The predicted molar refractivity (Wildman–Crippen MR) is 63.3 cm³/mol. The molecule has 0 atom stereocenters. The van der Waals surface area contributed by atoms with E-state index in [-0.39, 0.29) is 0 Å². The highest BCUT2D eigenvalue weighted by Crippen LogP contribution is 2.19. The van der Waals surface area contributed by atoms with E-state index in [2.05, 4.69) is 25.7 Å². The first-order chi connectivity index (χ1) is 6.11. The molecule has 0 aliphatic carbocycles. The maximum absolute atomic E-state index is 2.55. The largest absolute Gasteiger partial charge is 0.298 e. The van der Waals surface area contributed by atoms with Gasteiger partial charge in [0.2, 0.25) is 0 Å². The van der Waals surface area contributed by atoms with Crippen LogP contribution in [0.15, 0.2) is 0 Å². The molecular weight excluding hydrogens is 158 g/mol. The van der Waals surface area contributed by atoms with Crippen LogP contribution in [0.2, 0.25) is 0 Å². The zero-order valence-electron chi connectivity index (χ0n) is 10.8. The minimum atomic E-state index is 0.413. The van der Waals surface area contributed by atoms with Gasteiger partial charge < -0.3 is 0 Å². The van der Waals surface area contributed by atoms with Gasteiger partial charge in [-0.3, -0.25) is 4.90 Å². The lowest BCUT2D eigenvalue weighted by Crippen LogP contribution is -2.38. The molecule has 0 spiro atoms. The van der Waals surface area contributed by atoms with Crippen molar-refractivity contribution in [3.8, 4) is 0 Å². The van der Waals surface area contributed by atoms with Crippen molar-refractivity contribution in [2.45, 2.75) is 66.8 Å². The van der Waals surface area contributed by atoms with E-state index in [4.69, 9.17) is 0 Å². The van der Waals surface area contributed by atoms with Crippen LogP contribution < -0.4 is 0 Å². The standard InChI is InChI=1S/C8H17N.2C2H6/c1-8(2,3)9-6-4-5-7-9;2*1-2/h4-7H2,1-3H3;2*1-2H3. The molecule has 1 aliphatic heterocycles. The summed E-state index contributed by atoms with van der Waals surface area (Å²) in [6.07, 6.45) is 2.80. The van der Waals surface area contributed by atoms with E-state index in [9.17, 15) is 0 Å². The molecule has 0 aromatic rings. The second-order valence-corrected chi connectivity index (χ2v) is 3.86. The highest BCUT2D eigenvalue weighted by Gasteiger charge is 2.23. The average molecular weight is 187 g/mol. The maximum Gasteiger partial charge on any atom is 0.0125 e. The quantitative estimate of drug-likeness (QED) is 0.555. The van der Waals surface area contributed by atoms with Gasteiger partial charge >= 0.3 is 0 Å². The summed E-state index contributed by atoms with van der Waals surface area (Å²) in [6, 6.07) is 0. The number of nitrogens with zero attached hydrogens (tertiary/aromatic N) is 1. The highest BCUT2D eigenvalue weighted by molar-refractivity contribution is 4.79. The number of rotatable bonds is 0. The fraction of sp³-hybridized carbons (Fsp3) is 1.00. The lowest BCUT2D eigenvalue weighted by atomic mass is 10.1. The minimum absolute atomic E-state index is 0.413. The molecule has 1 nitrogen and oxygen atoms in total. The van der Waals surface area contributed by atoms with Crippen molar-refractivity contribution in [1.29, 1.82) is 0 Å². The van der Waals surface area contributed by atoms with Crippen LogP contribution in [0, 0.1) is 0 Å². The molecule has 0 radical (unpaired) electrons. The maximum atomic E-state index is 2.55. The predicted octanol–water partition coefficient (Wildman–Crippen LogP) is 3.93. The van der Waals surface area contributed by atoms with E-state index in [0.717, 1.165) is 0 Å². The van der Waals surface area contributed by atoms with E-state index < -0.39 is 0 Å². The van der Waals surface area contributed by atoms with Crippen LogP contribution in [0.1, 0.15) is 61.3 Å². The van der Waals surface area contributed by atoms with Crippen molar-refractivity contribution < 1.29 is 0 Å². The topological polar surface area (TPSA) is 3.24 Å². The van der Waals surface area contributed by atoms with Gasteiger partial charge in [-0.05, 0) is 46.7 Å². The first kappa shape index (κ1) is 15.4. The highest BCUT2D eigenvalue weighted by atomic mass is 15.2. The van der Waals surface area contributed by atoms with Gasteiger partial charge in [-0.1, -0.05) is 27.7 Å². The number of likely N-dealkylation sites (tertiary alicyclic amines) is 1. The smallest absolute Gasteiger partial charge is 0.0125 e. The van der Waals surface area contributed by atoms with Gasteiger partial charge in [-0.15, -0.1) is 0 Å². The van der Waals surface area contributed by atoms with Crippen LogP contribution in [-0.2, 0) is 0 Å². The third-order valence-corrected chi connectivity index (χ3v) is 2.05. The minimum Gasteiger partial charge on any atom is -0.298 e. The molecule has 1 saturated heterocycles. The summed E-state index contributed by atoms with van der Waals surface area (Å²) >= 11 is 0. The summed E-state index contributed by atoms with van der Waals surface area (Å²) < 4.78 is 0. The first-order valence-corrected chi connectivity index (χ1v) is 5.86. The fourth-order valence-electron chi connectivity index (χ4n) is 1.39. The van der Waals surface area contributed by atoms with Crippen molar-refractivity contribution in [1.82, 2.24) is 4.90 Å². The van der Waals surface area contributed by atoms with E-state index in [0.29, 0.717) is 5.54 Å². The zero-order valence-corrected chi connectivity index (χ0v) is 10.8. The van der Waals surface area contributed by atoms with Crippen LogP contribution in [0.4, 0.5) is 0 Å². The molecule has 0 amide bonds. The van der Waals surface area contributed by atoms with E-state index in [1.165, 1.54) is 25.9 Å². The number of hydrogen-bond acceptors (Lipinski definition) is 1. The van der Waals surface area contributed by atoms with Gasteiger partial charge in [0.25, 0.3) is 0 Å². The SMILES string of the molecule is CC.CC.CC(C)(C)N1CCCC1. The molecule has 0 saturated carbocycles. The Bertz CT molecular complexity index is 85.8. The summed E-state index contributed by atoms with van der Waals surface area (Å²) in [5.41, 5.74) is 0.413. The molecule has 1 fully saturated rings. The Labute approximate surface area is 85.5 Å². The van der Waals surface area contributed by atoms with Gasteiger partial charge in [0, 0.05) is 5.54 Å². The molecule has 1 heteroatoms. The van der Waals surface area contributed by atoms with Crippen molar-refractivity contribution >= 4 is 0 Å². The summed E-state index contributed by atoms with van der Waals surface area (Å²) in [5, 5.41) is 0. The van der Waals surface area contributed by atoms with E-state index in [1.807, 2.05) is 27.7 Å². The van der Waals surface area contributed by atoms with Crippen molar-refractivity contribution in [3.63, 3.8) is 0 Å². The normalized spacial score (nSPS) is 16.8. The Morgan fingerprint density at radius 1 is 0.769 bits per heavy atom. The van der Waals surface area contributed by atoms with Crippen LogP contribution in [-0.4, -0.2) is 23.5 Å². The monoisotopic (exact) mass is 187 g/mol. The Balaban J connectivity index is 0. The first-order valence-electron chi connectivity index (χ1n) is 5.86. The van der Waals surface area contributed by atoms with Gasteiger partial charge in [-0.25, -0.2) is 0 Å². The lowest BCUT2D eigenvalue weighted by Gasteiger charge is -2.31. The average Bonchev–Trinajstić information content (AvgIpc) is 2.63. The molecule has 82 valence electrons. The Kier molecular flexibility index (Phi) is 10.2. The molecule has 1 rings (SSSR count). The second kappa shape index (κ2) is 8.55. The molecule has 13 heavy (non-hydrogen) atoms. The van der Waals surface area contributed by atoms with Gasteiger partial charge in [0.05, 0.1) is 0 Å². The van der Waals surface area contributed by atoms with Crippen molar-refractivity contribution in [3.05, 3.63) is 0 Å². The van der Waals surface area contributed by atoms with Crippen LogP contribution in [0.25, 0.3) is 0 Å². The Hall–Kier alpha value is -0.0400. The Morgan fingerprint density at radius 2 is 1.08 bits per heavy atom. The van der Waals surface area contributed by atoms with Gasteiger partial charge in [0.15, 0.2) is 0 Å². The van der Waals surface area contributed by atoms with Crippen LogP contribution >= 0.6 is 0 Å². The molecule has 1 aliphatic rings. The molecular formula is C12H29N. The van der Waals surface area contributed by atoms with E-state index >= 15 is 0 Å². The molecule has 0 N–H and O–H groups in total. The third-order valence-electron chi connectivity index (χ3n) is 2.05. The molecule has 0 unspecified atom stereocenters. The second-order valence-electron chi connectivity index (χ2n) is 3.86. The zero-order chi connectivity index (χ0) is 10.9.